The first-order chi connectivity index (χ1) is 7.34. The number of aromatic nitrogens is 4. The quantitative estimate of drug-likeness (QED) is 0.633. The molecule has 6 heteroatoms. The molecule has 2 aliphatic heterocycles. The van der Waals surface area contributed by atoms with Crippen molar-refractivity contribution in [2.75, 3.05) is 5.73 Å². The van der Waals surface area contributed by atoms with E-state index in [1.54, 1.807) is 29.2 Å². The van der Waals surface area contributed by atoms with Gasteiger partial charge in [-0.3, -0.25) is 4.57 Å². The van der Waals surface area contributed by atoms with Crippen LogP contribution < -0.4 is 5.73 Å². The lowest BCUT2D eigenvalue weighted by molar-refractivity contribution is 0.538. The van der Waals surface area contributed by atoms with Crippen LogP contribution in [0.25, 0.3) is 17.4 Å². The molecule has 0 aromatic carbocycles. The molecule has 1 aromatic rings. The zero-order valence-corrected chi connectivity index (χ0v) is 7.66. The zero-order chi connectivity index (χ0) is 10.3. The number of rotatable bonds is 1. The van der Waals surface area contributed by atoms with Gasteiger partial charge in [-0.1, -0.05) is 0 Å². The lowest BCUT2D eigenvalue weighted by Crippen LogP contribution is -2.07. The molecule has 15 heavy (non-hydrogen) atoms. The Balaban J connectivity index is 2.27. The summed E-state index contributed by atoms with van der Waals surface area (Å²) in [5.74, 6) is 1.46. The fourth-order valence-corrected chi connectivity index (χ4v) is 1.38. The summed E-state index contributed by atoms with van der Waals surface area (Å²) in [5.41, 5.74) is 6.44. The van der Waals surface area contributed by atoms with E-state index in [-0.39, 0.29) is 0 Å². The van der Waals surface area contributed by atoms with Crippen molar-refractivity contribution >= 4 is 5.95 Å². The van der Waals surface area contributed by atoms with E-state index in [0.29, 0.717) is 23.4 Å². The van der Waals surface area contributed by atoms with Crippen molar-refractivity contribution in [3.63, 3.8) is 0 Å². The number of fused-ring (bicyclic) bond motifs is 1. The van der Waals surface area contributed by atoms with E-state index in [4.69, 9.17) is 10.2 Å². The van der Waals surface area contributed by atoms with Gasteiger partial charge in [0.15, 0.2) is 5.82 Å². The number of furan rings is 1. The Hall–Kier alpha value is -2.37. The van der Waals surface area contributed by atoms with Gasteiger partial charge in [0.2, 0.25) is 11.8 Å². The molecule has 6 nitrogen and oxygen atoms in total. The van der Waals surface area contributed by atoms with Gasteiger partial charge in [0.1, 0.15) is 12.0 Å². The molecule has 3 rings (SSSR count). The summed E-state index contributed by atoms with van der Waals surface area (Å²) in [6.07, 6.45) is 4.76. The Morgan fingerprint density at radius 1 is 1.33 bits per heavy atom. The minimum atomic E-state index is 0.318. The number of hydrogen-bond donors (Lipinski definition) is 1. The molecule has 0 aliphatic carbocycles. The monoisotopic (exact) mass is 201 g/mol. The first kappa shape index (κ1) is 7.98. The summed E-state index contributed by atoms with van der Waals surface area (Å²) >= 11 is 0. The van der Waals surface area contributed by atoms with Crippen LogP contribution in [-0.4, -0.2) is 19.5 Å². The molecule has 0 fully saturated rings. The van der Waals surface area contributed by atoms with Gasteiger partial charge in [0.05, 0.1) is 6.26 Å². The first-order valence-electron chi connectivity index (χ1n) is 4.34. The Labute approximate surface area is 84.7 Å². The van der Waals surface area contributed by atoms with Crippen molar-refractivity contribution < 1.29 is 4.42 Å². The van der Waals surface area contributed by atoms with Crippen molar-refractivity contribution in [1.29, 1.82) is 0 Å². The van der Waals surface area contributed by atoms with Crippen LogP contribution in [0.3, 0.4) is 0 Å². The van der Waals surface area contributed by atoms with Crippen molar-refractivity contribution in [3.05, 3.63) is 30.9 Å². The van der Waals surface area contributed by atoms with Crippen molar-refractivity contribution in [1.82, 2.24) is 19.5 Å². The Bertz CT molecular complexity index is 556. The highest BCUT2D eigenvalue weighted by molar-refractivity contribution is 5.53. The summed E-state index contributed by atoms with van der Waals surface area (Å²) in [4.78, 5) is 12.1. The fourth-order valence-electron chi connectivity index (χ4n) is 1.38. The average Bonchev–Trinajstić information content (AvgIpc) is 2.85. The molecule has 3 heterocycles. The molecular weight excluding hydrogens is 194 g/mol. The van der Waals surface area contributed by atoms with Crippen LogP contribution in [-0.2, 0) is 0 Å². The molecule has 2 N–H and O–H groups in total. The number of imidazole rings is 1. The van der Waals surface area contributed by atoms with Crippen molar-refractivity contribution in [3.8, 4) is 17.4 Å². The lowest BCUT2D eigenvalue weighted by atomic mass is 10.4. The first-order valence-corrected chi connectivity index (χ1v) is 4.34. The van der Waals surface area contributed by atoms with Gasteiger partial charge in [-0.25, -0.2) is 9.97 Å². The fraction of sp³-hybridized carbons (Fsp3) is 0. The Morgan fingerprint density at radius 3 is 3.07 bits per heavy atom. The predicted molar refractivity (Wildman–Crippen MR) is 52.5 cm³/mol. The molecule has 0 radical (unpaired) electrons. The molecule has 0 saturated heterocycles. The largest absolute Gasteiger partial charge is 0.448 e. The molecule has 0 amide bonds. The minimum absolute atomic E-state index is 0.318. The number of nitrogens with zero attached hydrogens (tertiary/aromatic N) is 4. The number of hydrogen-bond acceptors (Lipinski definition) is 5. The number of anilines is 1. The summed E-state index contributed by atoms with van der Waals surface area (Å²) in [5, 5.41) is 0. The van der Waals surface area contributed by atoms with E-state index < -0.39 is 0 Å². The maximum Gasteiger partial charge on any atom is 0.209 e. The Morgan fingerprint density at radius 2 is 2.27 bits per heavy atom. The van der Waals surface area contributed by atoms with E-state index in [0.717, 1.165) is 0 Å². The number of nitrogen functional groups attached to an aromatic ring is 1. The van der Waals surface area contributed by atoms with Crippen LogP contribution in [0.15, 0.2) is 35.3 Å². The summed E-state index contributed by atoms with van der Waals surface area (Å²) in [6, 6.07) is 3.57. The Kier molecular flexibility index (Phi) is 1.49. The van der Waals surface area contributed by atoms with Gasteiger partial charge in [-0.15, -0.1) is 0 Å². The van der Waals surface area contributed by atoms with Gasteiger partial charge in [0, 0.05) is 12.3 Å². The van der Waals surface area contributed by atoms with Crippen LogP contribution in [0, 0.1) is 0 Å². The second-order valence-electron chi connectivity index (χ2n) is 3.00. The molecule has 2 aliphatic rings. The van der Waals surface area contributed by atoms with Crippen LogP contribution >= 0.6 is 0 Å². The lowest BCUT2D eigenvalue weighted by Gasteiger charge is -2.07. The third-order valence-electron chi connectivity index (χ3n) is 2.07. The normalized spacial score (nSPS) is 10.9. The summed E-state index contributed by atoms with van der Waals surface area (Å²) < 4.78 is 6.84. The van der Waals surface area contributed by atoms with Gasteiger partial charge >= 0.3 is 0 Å². The van der Waals surface area contributed by atoms with E-state index in [9.17, 15) is 0 Å². The highest BCUT2D eigenvalue weighted by Crippen LogP contribution is 2.19. The van der Waals surface area contributed by atoms with Crippen LogP contribution in [0.4, 0.5) is 5.95 Å². The van der Waals surface area contributed by atoms with E-state index in [2.05, 4.69) is 15.0 Å². The summed E-state index contributed by atoms with van der Waals surface area (Å²) in [6.45, 7) is 0. The van der Waals surface area contributed by atoms with E-state index >= 15 is 0 Å². The third-order valence-corrected chi connectivity index (χ3v) is 2.07. The average molecular weight is 201 g/mol. The molecule has 0 unspecified atom stereocenters. The molecular formula is C9H7N5O. The SMILES string of the molecule is Nc1nc2ncnc-2cn1-c1ccco1. The smallest absolute Gasteiger partial charge is 0.209 e. The molecule has 1 aromatic heterocycles. The van der Waals surface area contributed by atoms with Crippen LogP contribution in [0.1, 0.15) is 0 Å². The molecule has 0 saturated carbocycles. The molecule has 74 valence electrons. The van der Waals surface area contributed by atoms with Crippen LogP contribution in [0.5, 0.6) is 0 Å². The third kappa shape index (κ3) is 1.15. The van der Waals surface area contributed by atoms with Gasteiger partial charge in [0.25, 0.3) is 0 Å². The second-order valence-corrected chi connectivity index (χ2v) is 3.00. The van der Waals surface area contributed by atoms with E-state index in [1.165, 1.54) is 6.33 Å². The standard InChI is InChI=1S/C9H7N5O/c10-9-13-8-6(11-5-12-8)4-14(9)7-2-1-3-15-7/h1-5H,(H2,10,11,12,13). The predicted octanol–water partition coefficient (Wildman–Crippen LogP) is 0.942. The maximum absolute atomic E-state index is 5.76. The van der Waals surface area contributed by atoms with Gasteiger partial charge in [-0.2, -0.15) is 4.98 Å². The van der Waals surface area contributed by atoms with Crippen molar-refractivity contribution in [2.24, 2.45) is 0 Å². The number of nitrogens with two attached hydrogens (primary N) is 1. The molecule has 0 atom stereocenters. The van der Waals surface area contributed by atoms with Gasteiger partial charge in [-0.05, 0) is 6.07 Å². The highest BCUT2D eigenvalue weighted by Gasteiger charge is 2.12. The zero-order valence-electron chi connectivity index (χ0n) is 7.66. The molecule has 0 bridgehead atoms. The summed E-state index contributed by atoms with van der Waals surface area (Å²) in [7, 11) is 0. The van der Waals surface area contributed by atoms with Crippen LogP contribution in [0.2, 0.25) is 0 Å². The van der Waals surface area contributed by atoms with Gasteiger partial charge < -0.3 is 10.2 Å². The topological polar surface area (TPSA) is 82.8 Å². The maximum atomic E-state index is 5.76. The van der Waals surface area contributed by atoms with E-state index in [1.807, 2.05) is 0 Å². The minimum Gasteiger partial charge on any atom is -0.448 e. The van der Waals surface area contributed by atoms with Crippen molar-refractivity contribution in [2.45, 2.75) is 0 Å². The second kappa shape index (κ2) is 2.81. The molecule has 0 spiro atoms. The highest BCUT2D eigenvalue weighted by atomic mass is 16.3.